The van der Waals surface area contributed by atoms with Crippen molar-refractivity contribution in [1.29, 1.82) is 0 Å². The maximum absolute atomic E-state index is 13.0. The molecule has 0 aliphatic heterocycles. The summed E-state index contributed by atoms with van der Waals surface area (Å²) in [7, 11) is 0. The van der Waals surface area contributed by atoms with Crippen LogP contribution in [0.3, 0.4) is 0 Å². The van der Waals surface area contributed by atoms with Crippen LogP contribution in [0.1, 0.15) is 87.7 Å². The van der Waals surface area contributed by atoms with Gasteiger partial charge in [0.15, 0.2) is 5.69 Å². The highest BCUT2D eigenvalue weighted by atomic mass is 16.5. The van der Waals surface area contributed by atoms with Crippen LogP contribution in [0.15, 0.2) is 48.5 Å². The van der Waals surface area contributed by atoms with Gasteiger partial charge in [0.05, 0.1) is 6.54 Å². The number of nitrogens with zero attached hydrogens (tertiary/aromatic N) is 3. The molecule has 6 heteroatoms. The van der Waals surface area contributed by atoms with Gasteiger partial charge in [-0.05, 0) is 36.3 Å². The van der Waals surface area contributed by atoms with Crippen LogP contribution in [0.2, 0.25) is 0 Å². The first-order valence-corrected chi connectivity index (χ1v) is 11.1. The van der Waals surface area contributed by atoms with Crippen molar-refractivity contribution < 1.29 is 14.5 Å². The summed E-state index contributed by atoms with van der Waals surface area (Å²) in [5.41, 5.74) is 3.15. The normalized spacial score (nSPS) is 16.6. The first kappa shape index (κ1) is 19.7. The Balaban J connectivity index is 1.35. The fourth-order valence-corrected chi connectivity index (χ4v) is 4.91. The molecule has 0 atom stereocenters. The molecule has 0 saturated heterocycles. The van der Waals surface area contributed by atoms with E-state index in [1.54, 1.807) is 24.3 Å². The summed E-state index contributed by atoms with van der Waals surface area (Å²) in [4.78, 5) is 26.1. The Morgan fingerprint density at radius 3 is 2.23 bits per heavy atom. The van der Waals surface area contributed by atoms with Crippen LogP contribution < -0.4 is 4.96 Å². The predicted molar refractivity (Wildman–Crippen MR) is 115 cm³/mol. The molecular weight excluding hydrogens is 390 g/mol. The van der Waals surface area contributed by atoms with Gasteiger partial charge in [0.25, 0.3) is 0 Å². The molecule has 1 fully saturated rings. The first-order valence-electron chi connectivity index (χ1n) is 11.1. The minimum atomic E-state index is -0.374. The smallest absolute Gasteiger partial charge is 0.220 e. The van der Waals surface area contributed by atoms with E-state index < -0.39 is 0 Å². The van der Waals surface area contributed by atoms with Crippen molar-refractivity contribution in [3.63, 3.8) is 0 Å². The molecule has 1 heterocycles. The molecule has 0 spiro atoms. The summed E-state index contributed by atoms with van der Waals surface area (Å²) in [6, 6.07) is 15.3. The summed E-state index contributed by atoms with van der Waals surface area (Å²) in [6.45, 7) is 0.287. The van der Waals surface area contributed by atoms with E-state index in [-0.39, 0.29) is 29.5 Å². The lowest BCUT2D eigenvalue weighted by Gasteiger charge is -2.15. The topological polar surface area (TPSA) is 78.9 Å². The minimum absolute atomic E-state index is 0.0533. The van der Waals surface area contributed by atoms with Crippen molar-refractivity contribution in [2.45, 2.75) is 57.4 Å². The molecule has 2 aliphatic carbocycles. The second-order valence-corrected chi connectivity index (χ2v) is 8.56. The van der Waals surface area contributed by atoms with E-state index in [1.165, 1.54) is 48.8 Å². The first-order chi connectivity index (χ1) is 15.1. The Morgan fingerprint density at radius 2 is 1.55 bits per heavy atom. The molecule has 0 bridgehead atoms. The van der Waals surface area contributed by atoms with Crippen molar-refractivity contribution in [3.05, 3.63) is 87.4 Å². The van der Waals surface area contributed by atoms with E-state index in [0.717, 1.165) is 5.56 Å². The Bertz CT molecular complexity index is 1140. The van der Waals surface area contributed by atoms with Gasteiger partial charge in [-0.15, -0.1) is 4.68 Å². The van der Waals surface area contributed by atoms with Crippen molar-refractivity contribution in [3.8, 4) is 0 Å². The van der Waals surface area contributed by atoms with Crippen molar-refractivity contribution in [2.24, 2.45) is 0 Å². The van der Waals surface area contributed by atoms with Crippen LogP contribution >= 0.6 is 0 Å². The standard InChI is InChI=1S/C25H25N3O3/c29-24-20-9-5-6-10-21(20)25(30)23-22(24)26-28(31)27(23)16-15-17-11-13-19(14-12-17)18-7-3-1-2-4-8-18/h5-6,9-14,18H,1-4,7-8,15-16H2. The molecule has 0 unspecified atom stereocenters. The van der Waals surface area contributed by atoms with E-state index in [1.807, 2.05) is 0 Å². The zero-order chi connectivity index (χ0) is 21.4. The summed E-state index contributed by atoms with van der Waals surface area (Å²) in [6.07, 6.45) is 8.38. The number of aromatic nitrogens is 3. The SMILES string of the molecule is O=C1c2ccccc2C(=O)c2c1n[n+]([O-])n2CCc1ccc(C2CCCCCC2)cc1. The average molecular weight is 415 g/mol. The van der Waals surface area contributed by atoms with E-state index in [9.17, 15) is 14.8 Å². The highest BCUT2D eigenvalue weighted by molar-refractivity contribution is 6.26. The number of carbonyl (C=O) groups excluding carboxylic acids is 2. The summed E-state index contributed by atoms with van der Waals surface area (Å²) < 4.78 is 1.28. The van der Waals surface area contributed by atoms with Crippen molar-refractivity contribution >= 4 is 11.6 Å². The van der Waals surface area contributed by atoms with Gasteiger partial charge in [0.2, 0.25) is 17.3 Å². The van der Waals surface area contributed by atoms with Crippen LogP contribution in [0.4, 0.5) is 0 Å². The minimum Gasteiger partial charge on any atom is -0.571 e. The molecular formula is C25H25N3O3. The predicted octanol–water partition coefficient (Wildman–Crippen LogP) is 3.97. The van der Waals surface area contributed by atoms with Crippen LogP contribution in [0.5, 0.6) is 0 Å². The second-order valence-electron chi connectivity index (χ2n) is 8.56. The molecule has 0 amide bonds. The van der Waals surface area contributed by atoms with Gasteiger partial charge in [-0.3, -0.25) is 9.59 Å². The fourth-order valence-electron chi connectivity index (χ4n) is 4.91. The molecule has 0 N–H and O–H groups in total. The molecule has 1 saturated carbocycles. The van der Waals surface area contributed by atoms with Crippen LogP contribution in [-0.2, 0) is 13.0 Å². The van der Waals surface area contributed by atoms with E-state index in [4.69, 9.17) is 0 Å². The number of carbonyl (C=O) groups is 2. The Kier molecular flexibility index (Phi) is 5.14. The molecule has 31 heavy (non-hydrogen) atoms. The number of hydrogen-bond donors (Lipinski definition) is 0. The van der Waals surface area contributed by atoms with Gasteiger partial charge >= 0.3 is 0 Å². The third kappa shape index (κ3) is 3.56. The summed E-state index contributed by atoms with van der Waals surface area (Å²) in [5, 5.41) is 16.3. The highest BCUT2D eigenvalue weighted by Crippen LogP contribution is 2.31. The van der Waals surface area contributed by atoms with Gasteiger partial charge in [0, 0.05) is 21.2 Å². The lowest BCUT2D eigenvalue weighted by molar-refractivity contribution is -0.749. The summed E-state index contributed by atoms with van der Waals surface area (Å²) >= 11 is 0. The van der Waals surface area contributed by atoms with E-state index >= 15 is 0 Å². The van der Waals surface area contributed by atoms with Gasteiger partial charge in [-0.2, -0.15) is 0 Å². The molecule has 3 aromatic rings. The maximum atomic E-state index is 13.0. The quantitative estimate of drug-likeness (QED) is 0.287. The molecule has 1 aromatic heterocycles. The monoisotopic (exact) mass is 415 g/mol. The third-order valence-corrected chi connectivity index (χ3v) is 6.64. The highest BCUT2D eigenvalue weighted by Gasteiger charge is 2.38. The number of aryl methyl sites for hydroxylation is 1. The number of hydrogen-bond acceptors (Lipinski definition) is 4. The molecule has 0 radical (unpaired) electrons. The van der Waals surface area contributed by atoms with Gasteiger partial charge in [-0.1, -0.05) is 74.2 Å². The van der Waals surface area contributed by atoms with Gasteiger partial charge in [0.1, 0.15) is 0 Å². The second kappa shape index (κ2) is 8.10. The zero-order valence-electron chi connectivity index (χ0n) is 17.4. The van der Waals surface area contributed by atoms with Crippen LogP contribution in [0.25, 0.3) is 0 Å². The molecule has 6 nitrogen and oxygen atoms in total. The number of fused-ring (bicyclic) bond motifs is 2. The van der Waals surface area contributed by atoms with E-state index in [0.29, 0.717) is 28.4 Å². The lowest BCUT2D eigenvalue weighted by Crippen LogP contribution is -2.41. The van der Waals surface area contributed by atoms with E-state index in [2.05, 4.69) is 29.4 Å². The summed E-state index contributed by atoms with van der Waals surface area (Å²) in [5.74, 6) is -0.0537. The molecule has 2 aliphatic rings. The average Bonchev–Trinajstić information content (AvgIpc) is 2.95. The Hall–Kier alpha value is -3.28. The largest absolute Gasteiger partial charge is 0.571 e. The van der Waals surface area contributed by atoms with Gasteiger partial charge < -0.3 is 5.21 Å². The Morgan fingerprint density at radius 1 is 0.903 bits per heavy atom. The molecule has 5 rings (SSSR count). The lowest BCUT2D eigenvalue weighted by atomic mass is 9.90. The molecule has 158 valence electrons. The maximum Gasteiger partial charge on any atom is 0.220 e. The van der Waals surface area contributed by atoms with Crippen molar-refractivity contribution in [2.75, 3.05) is 0 Å². The third-order valence-electron chi connectivity index (χ3n) is 6.64. The number of benzene rings is 2. The van der Waals surface area contributed by atoms with Crippen LogP contribution in [0, 0.1) is 5.21 Å². The van der Waals surface area contributed by atoms with Gasteiger partial charge in [-0.25, -0.2) is 0 Å². The van der Waals surface area contributed by atoms with Crippen molar-refractivity contribution in [1.82, 2.24) is 9.78 Å². The Labute approximate surface area is 181 Å². The zero-order valence-corrected chi connectivity index (χ0v) is 17.4. The van der Waals surface area contributed by atoms with Crippen LogP contribution in [-0.4, -0.2) is 21.3 Å². The fraction of sp³-hybridized carbons (Fsp3) is 0.360. The molecule has 2 aromatic carbocycles. The number of ketones is 2. The number of rotatable bonds is 4.